The molecule has 0 unspecified atom stereocenters. The Kier molecular flexibility index (Phi) is 5.02. The van der Waals surface area contributed by atoms with Crippen molar-refractivity contribution < 1.29 is 26.9 Å². The fourth-order valence-electron chi connectivity index (χ4n) is 1.49. The van der Waals surface area contributed by atoms with Gasteiger partial charge >= 0.3 is 12.1 Å². The van der Waals surface area contributed by atoms with Gasteiger partial charge in [-0.25, -0.2) is 5.43 Å². The van der Waals surface area contributed by atoms with Crippen LogP contribution < -0.4 is 10.9 Å². The maximum atomic E-state index is 12.7. The molecule has 0 heterocycles. The number of amidine groups is 1. The van der Waals surface area contributed by atoms with Crippen LogP contribution in [0, 0.1) is 22.4 Å². The molecule has 0 fully saturated rings. The average molecular weight is 326 g/mol. The first kappa shape index (κ1) is 17.8. The van der Waals surface area contributed by atoms with Crippen LogP contribution in [0.1, 0.15) is 11.1 Å². The van der Waals surface area contributed by atoms with Gasteiger partial charge < -0.3 is 5.43 Å². The third kappa shape index (κ3) is 3.87. The van der Waals surface area contributed by atoms with Crippen LogP contribution in [0.4, 0.5) is 27.6 Å². The van der Waals surface area contributed by atoms with Crippen molar-refractivity contribution >= 4 is 11.5 Å². The number of aryl methyl sites for hydroxylation is 1. The van der Waals surface area contributed by atoms with E-state index >= 15 is 0 Å². The van der Waals surface area contributed by atoms with E-state index in [2.05, 4.69) is 0 Å². The number of benzene rings is 1. The quantitative estimate of drug-likeness (QED) is 0.255. The van der Waals surface area contributed by atoms with Crippen LogP contribution >= 0.6 is 0 Å². The molecule has 0 amide bonds. The lowest BCUT2D eigenvalue weighted by molar-refractivity contribution is -0.385. The highest BCUT2D eigenvalue weighted by atomic mass is 19.4. The fraction of sp³-hybridized carbons (Fsp3) is 0.364. The number of hydrazine groups is 1. The number of halogens is 5. The molecular formula is C11H11F5N4O2. The van der Waals surface area contributed by atoms with E-state index in [9.17, 15) is 32.1 Å². The van der Waals surface area contributed by atoms with Gasteiger partial charge in [0.15, 0.2) is 5.84 Å². The minimum Gasteiger partial charge on any atom is -0.304 e. The lowest BCUT2D eigenvalue weighted by atomic mass is 10.1. The van der Waals surface area contributed by atoms with Crippen LogP contribution in [0.3, 0.4) is 0 Å². The minimum absolute atomic E-state index is 0.145. The smallest absolute Gasteiger partial charge is 0.304 e. The Morgan fingerprint density at radius 3 is 2.36 bits per heavy atom. The number of nitro groups is 1. The summed E-state index contributed by atoms with van der Waals surface area (Å²) in [7, 11) is 0. The standard InChI is InChI=1S/C11H11F5N4O2/c1-6-4-7(2-3-8(6)20(21)22)5-18-19-9(17)10(12,13)11(14,15)16/h2-4,18H,5H2,1H3,(H2,17,19). The highest BCUT2D eigenvalue weighted by Crippen LogP contribution is 2.35. The van der Waals surface area contributed by atoms with Crippen LogP contribution in [0.5, 0.6) is 0 Å². The van der Waals surface area contributed by atoms with Crippen LogP contribution in [-0.4, -0.2) is 22.9 Å². The summed E-state index contributed by atoms with van der Waals surface area (Å²) in [5.74, 6) is -7.34. The van der Waals surface area contributed by atoms with E-state index < -0.39 is 22.9 Å². The maximum Gasteiger partial charge on any atom is 0.461 e. The van der Waals surface area contributed by atoms with Gasteiger partial charge in [-0.05, 0) is 18.6 Å². The average Bonchev–Trinajstić information content (AvgIpc) is 2.36. The Hall–Kier alpha value is -2.30. The zero-order valence-corrected chi connectivity index (χ0v) is 11.1. The molecule has 0 bridgehead atoms. The predicted octanol–water partition coefficient (Wildman–Crippen LogP) is 2.67. The Morgan fingerprint density at radius 2 is 1.91 bits per heavy atom. The second kappa shape index (κ2) is 6.22. The predicted molar refractivity (Wildman–Crippen MR) is 66.5 cm³/mol. The molecule has 1 aromatic carbocycles. The number of nitrogens with one attached hydrogen (secondary N) is 3. The second-order valence-corrected chi connectivity index (χ2v) is 4.30. The summed E-state index contributed by atoms with van der Waals surface area (Å²) >= 11 is 0. The third-order valence-electron chi connectivity index (χ3n) is 2.63. The lowest BCUT2D eigenvalue weighted by Gasteiger charge is -2.21. The molecule has 0 spiro atoms. The second-order valence-electron chi connectivity index (χ2n) is 4.30. The van der Waals surface area contributed by atoms with Crippen molar-refractivity contribution in [2.45, 2.75) is 25.6 Å². The lowest BCUT2D eigenvalue weighted by Crippen LogP contribution is -2.53. The molecule has 0 saturated heterocycles. The Bertz CT molecular complexity index is 588. The number of hydrogen-bond donors (Lipinski definition) is 3. The topological polar surface area (TPSA) is 91.0 Å². The van der Waals surface area contributed by atoms with Crippen LogP contribution in [-0.2, 0) is 6.54 Å². The van der Waals surface area contributed by atoms with Gasteiger partial charge in [-0.2, -0.15) is 22.0 Å². The first-order chi connectivity index (χ1) is 9.96. The highest BCUT2D eigenvalue weighted by Gasteiger charge is 2.61. The van der Waals surface area contributed by atoms with Crippen molar-refractivity contribution in [3.8, 4) is 0 Å². The van der Waals surface area contributed by atoms with E-state index in [1.807, 2.05) is 5.43 Å². The summed E-state index contributed by atoms with van der Waals surface area (Å²) < 4.78 is 61.4. The molecule has 0 aromatic heterocycles. The molecule has 22 heavy (non-hydrogen) atoms. The molecule has 0 radical (unpaired) electrons. The molecule has 1 rings (SSSR count). The highest BCUT2D eigenvalue weighted by molar-refractivity contribution is 5.86. The van der Waals surface area contributed by atoms with Gasteiger partial charge in [0.25, 0.3) is 5.69 Å². The molecule has 6 nitrogen and oxygen atoms in total. The van der Waals surface area contributed by atoms with Gasteiger partial charge in [0.1, 0.15) is 0 Å². The summed E-state index contributed by atoms with van der Waals surface area (Å²) in [5.41, 5.74) is 4.06. The molecule has 0 aliphatic carbocycles. The van der Waals surface area contributed by atoms with Gasteiger partial charge in [0.2, 0.25) is 0 Å². The number of alkyl halides is 5. The van der Waals surface area contributed by atoms with Crippen molar-refractivity contribution in [1.29, 1.82) is 5.41 Å². The van der Waals surface area contributed by atoms with Gasteiger partial charge in [-0.1, -0.05) is 6.07 Å². The normalized spacial score (nSPS) is 12.1. The minimum atomic E-state index is -5.87. The monoisotopic (exact) mass is 326 g/mol. The van der Waals surface area contributed by atoms with Gasteiger partial charge in [0.05, 0.1) is 4.92 Å². The van der Waals surface area contributed by atoms with E-state index in [0.29, 0.717) is 11.1 Å². The molecule has 0 saturated carbocycles. The van der Waals surface area contributed by atoms with Crippen molar-refractivity contribution in [2.24, 2.45) is 0 Å². The Labute approximate surface area is 120 Å². The molecule has 0 aliphatic rings. The van der Waals surface area contributed by atoms with Gasteiger partial charge in [-0.3, -0.25) is 15.5 Å². The summed E-state index contributed by atoms with van der Waals surface area (Å²) in [5, 5.41) is 17.3. The molecule has 122 valence electrons. The zero-order valence-electron chi connectivity index (χ0n) is 11.1. The number of nitrogens with zero attached hydrogens (tertiary/aromatic N) is 1. The first-order valence-corrected chi connectivity index (χ1v) is 5.73. The Balaban J connectivity index is 2.64. The SMILES string of the molecule is Cc1cc(CNNC(=N)C(F)(F)C(F)(F)F)ccc1[N+](=O)[O-]. The maximum absolute atomic E-state index is 12.7. The summed E-state index contributed by atoms with van der Waals surface area (Å²) in [6.45, 7) is 1.24. The van der Waals surface area contributed by atoms with Crippen molar-refractivity contribution in [1.82, 2.24) is 10.9 Å². The van der Waals surface area contributed by atoms with E-state index in [-0.39, 0.29) is 12.2 Å². The van der Waals surface area contributed by atoms with E-state index in [1.165, 1.54) is 30.5 Å². The van der Waals surface area contributed by atoms with Gasteiger partial charge in [-0.15, -0.1) is 0 Å². The fourth-order valence-corrected chi connectivity index (χ4v) is 1.49. The van der Waals surface area contributed by atoms with Gasteiger partial charge in [0, 0.05) is 18.2 Å². The summed E-state index contributed by atoms with van der Waals surface area (Å²) in [6, 6.07) is 3.87. The number of nitro benzene ring substituents is 1. The molecule has 11 heteroatoms. The van der Waals surface area contributed by atoms with Crippen molar-refractivity contribution in [3.05, 3.63) is 39.4 Å². The first-order valence-electron chi connectivity index (χ1n) is 5.73. The Morgan fingerprint density at radius 1 is 1.32 bits per heavy atom. The van der Waals surface area contributed by atoms with Crippen LogP contribution in [0.25, 0.3) is 0 Å². The largest absolute Gasteiger partial charge is 0.461 e. The number of rotatable bonds is 5. The third-order valence-corrected chi connectivity index (χ3v) is 2.63. The van der Waals surface area contributed by atoms with E-state index in [0.717, 1.165) is 0 Å². The van der Waals surface area contributed by atoms with Crippen LogP contribution in [0.15, 0.2) is 18.2 Å². The molecule has 3 N–H and O–H groups in total. The molecular weight excluding hydrogens is 315 g/mol. The molecule has 1 aromatic rings. The summed E-state index contributed by atoms with van der Waals surface area (Å²) in [4.78, 5) is 9.99. The zero-order chi connectivity index (χ0) is 17.1. The van der Waals surface area contributed by atoms with Crippen LogP contribution in [0.2, 0.25) is 0 Å². The van der Waals surface area contributed by atoms with Crippen molar-refractivity contribution in [3.63, 3.8) is 0 Å². The van der Waals surface area contributed by atoms with Crippen molar-refractivity contribution in [2.75, 3.05) is 0 Å². The molecule has 0 aliphatic heterocycles. The number of hydrogen-bond acceptors (Lipinski definition) is 4. The summed E-state index contributed by atoms with van der Waals surface area (Å²) in [6.07, 6.45) is -5.87. The molecule has 0 atom stereocenters. The van der Waals surface area contributed by atoms with E-state index in [1.54, 1.807) is 0 Å². The van der Waals surface area contributed by atoms with E-state index in [4.69, 9.17) is 5.41 Å².